The number of anilines is 2. The van der Waals surface area contributed by atoms with Gasteiger partial charge in [-0.05, 0) is 55.3 Å². The molecule has 0 spiro atoms. The number of carbonyl (C=O) groups excluding carboxylic acids is 1. The van der Waals surface area contributed by atoms with Crippen molar-refractivity contribution in [3.63, 3.8) is 0 Å². The Kier molecular flexibility index (Phi) is 7.43. The zero-order chi connectivity index (χ0) is 26.8. The Morgan fingerprint density at radius 2 is 1.56 bits per heavy atom. The number of aromatic nitrogens is 4. The fraction of sp³-hybridized carbons (Fsp3) is 0.500. The molecule has 0 N–H and O–H groups in total. The molecule has 3 aromatic rings. The average molecular weight is 535 g/mol. The minimum absolute atomic E-state index is 0.0573. The standard InChI is InChI=1S/C28H35FN8O2/c1-33-25(19-24(32-33)21-4-6-22(29)7-5-21)28(38)37-16-14-36(15-17-37)27-9-8-26(30-31-27)35-12-10-34(11-13-35)20-23-3-2-18-39-23/h4-9,19,23H,2-3,10-18,20H2,1H3. The number of hydrogen-bond donors (Lipinski definition) is 0. The van der Waals surface area contributed by atoms with E-state index in [0.29, 0.717) is 43.7 Å². The Hall–Kier alpha value is -3.57. The lowest BCUT2D eigenvalue weighted by Crippen LogP contribution is -2.49. The summed E-state index contributed by atoms with van der Waals surface area (Å²) in [6.07, 6.45) is 2.76. The van der Waals surface area contributed by atoms with Crippen molar-refractivity contribution in [1.82, 2.24) is 29.8 Å². The van der Waals surface area contributed by atoms with Gasteiger partial charge < -0.3 is 19.4 Å². The maximum absolute atomic E-state index is 13.3. The van der Waals surface area contributed by atoms with E-state index in [1.54, 1.807) is 29.9 Å². The summed E-state index contributed by atoms with van der Waals surface area (Å²) in [7, 11) is 1.76. The molecule has 3 aliphatic heterocycles. The van der Waals surface area contributed by atoms with Crippen LogP contribution >= 0.6 is 0 Å². The van der Waals surface area contributed by atoms with Crippen LogP contribution in [0.2, 0.25) is 0 Å². The highest BCUT2D eigenvalue weighted by atomic mass is 19.1. The molecule has 5 heterocycles. The van der Waals surface area contributed by atoms with Crippen molar-refractivity contribution in [3.8, 4) is 11.3 Å². The van der Waals surface area contributed by atoms with E-state index in [9.17, 15) is 9.18 Å². The third kappa shape index (κ3) is 5.74. The van der Waals surface area contributed by atoms with Crippen LogP contribution in [0, 0.1) is 5.82 Å². The smallest absolute Gasteiger partial charge is 0.272 e. The average Bonchev–Trinajstić information content (AvgIpc) is 3.63. The van der Waals surface area contributed by atoms with Crippen LogP contribution in [0.15, 0.2) is 42.5 Å². The zero-order valence-electron chi connectivity index (χ0n) is 22.4. The van der Waals surface area contributed by atoms with Crippen LogP contribution in [-0.2, 0) is 11.8 Å². The molecule has 3 saturated heterocycles. The fourth-order valence-corrected chi connectivity index (χ4v) is 5.62. The van der Waals surface area contributed by atoms with Gasteiger partial charge in [-0.1, -0.05) is 0 Å². The predicted octanol–water partition coefficient (Wildman–Crippen LogP) is 2.28. The van der Waals surface area contributed by atoms with Gasteiger partial charge in [-0.3, -0.25) is 14.4 Å². The molecular formula is C28H35FN8O2. The number of aryl methyl sites for hydroxylation is 1. The highest BCUT2D eigenvalue weighted by Crippen LogP contribution is 2.22. The summed E-state index contributed by atoms with van der Waals surface area (Å²) in [5.41, 5.74) is 1.94. The number of benzene rings is 1. The predicted molar refractivity (Wildman–Crippen MR) is 146 cm³/mol. The highest BCUT2D eigenvalue weighted by Gasteiger charge is 2.27. The quantitative estimate of drug-likeness (QED) is 0.477. The van der Waals surface area contributed by atoms with E-state index in [-0.39, 0.29) is 11.7 Å². The second-order valence-electron chi connectivity index (χ2n) is 10.5. The molecule has 6 rings (SSSR count). The van der Waals surface area contributed by atoms with Crippen LogP contribution < -0.4 is 9.80 Å². The van der Waals surface area contributed by atoms with Crippen LogP contribution in [0.5, 0.6) is 0 Å². The molecule has 0 aliphatic carbocycles. The van der Waals surface area contributed by atoms with Gasteiger partial charge in [0.05, 0.1) is 11.8 Å². The molecule has 3 fully saturated rings. The molecule has 10 nitrogen and oxygen atoms in total. The molecule has 3 aliphatic rings. The Morgan fingerprint density at radius 3 is 2.15 bits per heavy atom. The normalized spacial score (nSPS) is 20.6. The summed E-state index contributed by atoms with van der Waals surface area (Å²) in [6, 6.07) is 12.0. The lowest BCUT2D eigenvalue weighted by Gasteiger charge is -2.37. The van der Waals surface area contributed by atoms with Crippen LogP contribution in [0.25, 0.3) is 11.3 Å². The minimum Gasteiger partial charge on any atom is -0.377 e. The molecule has 2 aromatic heterocycles. The fourth-order valence-electron chi connectivity index (χ4n) is 5.62. The van der Waals surface area contributed by atoms with E-state index in [1.807, 2.05) is 11.0 Å². The SMILES string of the molecule is Cn1nc(-c2ccc(F)cc2)cc1C(=O)N1CCN(c2ccc(N3CCN(CC4CCCO4)CC3)nn2)CC1. The van der Waals surface area contributed by atoms with E-state index in [1.165, 1.54) is 25.0 Å². The number of rotatable bonds is 6. The van der Waals surface area contributed by atoms with E-state index in [4.69, 9.17) is 4.74 Å². The summed E-state index contributed by atoms with van der Waals surface area (Å²) in [5.74, 6) is 1.39. The van der Waals surface area contributed by atoms with Crippen molar-refractivity contribution in [2.24, 2.45) is 7.05 Å². The summed E-state index contributed by atoms with van der Waals surface area (Å²) >= 11 is 0. The Labute approximate surface area is 227 Å². The van der Waals surface area contributed by atoms with E-state index >= 15 is 0 Å². The molecular weight excluding hydrogens is 499 g/mol. The van der Waals surface area contributed by atoms with Gasteiger partial charge in [0.25, 0.3) is 5.91 Å². The van der Waals surface area contributed by atoms with Crippen molar-refractivity contribution < 1.29 is 13.9 Å². The zero-order valence-corrected chi connectivity index (χ0v) is 22.4. The van der Waals surface area contributed by atoms with Gasteiger partial charge in [0.1, 0.15) is 11.5 Å². The minimum atomic E-state index is -0.299. The molecule has 0 saturated carbocycles. The second-order valence-corrected chi connectivity index (χ2v) is 10.5. The van der Waals surface area contributed by atoms with E-state index in [0.717, 1.165) is 56.5 Å². The third-order valence-electron chi connectivity index (χ3n) is 7.95. The van der Waals surface area contributed by atoms with Gasteiger partial charge in [0.15, 0.2) is 11.6 Å². The van der Waals surface area contributed by atoms with Crippen molar-refractivity contribution in [2.75, 3.05) is 75.3 Å². The maximum Gasteiger partial charge on any atom is 0.272 e. The van der Waals surface area contributed by atoms with Crippen molar-refractivity contribution in [1.29, 1.82) is 0 Å². The molecule has 39 heavy (non-hydrogen) atoms. The molecule has 0 bridgehead atoms. The summed E-state index contributed by atoms with van der Waals surface area (Å²) in [6.45, 7) is 8.40. The van der Waals surface area contributed by atoms with Crippen molar-refractivity contribution in [3.05, 3.63) is 54.0 Å². The van der Waals surface area contributed by atoms with Crippen molar-refractivity contribution in [2.45, 2.75) is 18.9 Å². The van der Waals surface area contributed by atoms with Gasteiger partial charge in [-0.25, -0.2) is 4.39 Å². The number of halogens is 1. The van der Waals surface area contributed by atoms with Crippen LogP contribution in [0.1, 0.15) is 23.3 Å². The third-order valence-corrected chi connectivity index (χ3v) is 7.95. The monoisotopic (exact) mass is 534 g/mol. The first-order valence-electron chi connectivity index (χ1n) is 13.8. The second kappa shape index (κ2) is 11.3. The Bertz CT molecular complexity index is 1260. The number of hydrogen-bond acceptors (Lipinski definition) is 8. The van der Waals surface area contributed by atoms with Gasteiger partial charge in [0.2, 0.25) is 0 Å². The lowest BCUT2D eigenvalue weighted by atomic mass is 10.1. The van der Waals surface area contributed by atoms with Crippen LogP contribution in [0.4, 0.5) is 16.0 Å². The molecule has 1 amide bonds. The summed E-state index contributed by atoms with van der Waals surface area (Å²) in [4.78, 5) is 22.1. The number of amides is 1. The van der Waals surface area contributed by atoms with E-state index in [2.05, 4.69) is 36.1 Å². The molecule has 206 valence electrons. The van der Waals surface area contributed by atoms with Crippen LogP contribution in [-0.4, -0.2) is 107 Å². The molecule has 0 radical (unpaired) electrons. The summed E-state index contributed by atoms with van der Waals surface area (Å²) in [5, 5.41) is 13.5. The first-order chi connectivity index (χ1) is 19.0. The molecule has 1 unspecified atom stereocenters. The molecule has 1 atom stereocenters. The first-order valence-corrected chi connectivity index (χ1v) is 13.8. The van der Waals surface area contributed by atoms with Gasteiger partial charge in [-0.2, -0.15) is 5.10 Å². The van der Waals surface area contributed by atoms with Crippen molar-refractivity contribution >= 4 is 17.5 Å². The number of carbonyl (C=O) groups is 1. The first kappa shape index (κ1) is 25.7. The summed E-state index contributed by atoms with van der Waals surface area (Å²) < 4.78 is 20.7. The number of ether oxygens (including phenoxy) is 1. The largest absolute Gasteiger partial charge is 0.377 e. The molecule has 11 heteroatoms. The Morgan fingerprint density at radius 1 is 0.923 bits per heavy atom. The number of nitrogens with zero attached hydrogens (tertiary/aromatic N) is 8. The highest BCUT2D eigenvalue weighted by molar-refractivity contribution is 5.94. The lowest BCUT2D eigenvalue weighted by molar-refractivity contribution is 0.0712. The Balaban J connectivity index is 1.01. The number of piperazine rings is 2. The maximum atomic E-state index is 13.3. The van der Waals surface area contributed by atoms with Gasteiger partial charge >= 0.3 is 0 Å². The van der Waals surface area contributed by atoms with Gasteiger partial charge in [0, 0.05) is 78.1 Å². The van der Waals surface area contributed by atoms with E-state index < -0.39 is 0 Å². The van der Waals surface area contributed by atoms with Gasteiger partial charge in [-0.15, -0.1) is 10.2 Å². The van der Waals surface area contributed by atoms with Crippen LogP contribution in [0.3, 0.4) is 0 Å². The topological polar surface area (TPSA) is 82.9 Å². The molecule has 1 aromatic carbocycles.